The summed E-state index contributed by atoms with van der Waals surface area (Å²) < 4.78 is 0. The molecule has 0 unspecified atom stereocenters. The van der Waals surface area contributed by atoms with E-state index in [0.717, 1.165) is 49.8 Å². The Morgan fingerprint density at radius 2 is 1.95 bits per heavy atom. The second-order valence-corrected chi connectivity index (χ2v) is 6.42. The van der Waals surface area contributed by atoms with Crippen molar-refractivity contribution in [3.63, 3.8) is 0 Å². The molecule has 1 heterocycles. The zero-order valence-corrected chi connectivity index (χ0v) is 13.8. The quantitative estimate of drug-likeness (QED) is 0.780. The number of amides is 1. The topological polar surface area (TPSA) is 23.6 Å². The Labute approximate surface area is 132 Å². The molecule has 1 aromatic carbocycles. The number of halogens is 1. The van der Waals surface area contributed by atoms with E-state index in [1.807, 2.05) is 29.2 Å². The molecule has 1 amide bonds. The van der Waals surface area contributed by atoms with E-state index < -0.39 is 0 Å². The lowest BCUT2D eigenvalue weighted by Crippen LogP contribution is -2.49. The smallest absolute Gasteiger partial charge is 0.253 e. The highest BCUT2D eigenvalue weighted by Gasteiger charge is 2.22. The summed E-state index contributed by atoms with van der Waals surface area (Å²) in [5.74, 6) is 1.32. The van der Waals surface area contributed by atoms with E-state index >= 15 is 0 Å². The molecule has 0 aromatic heterocycles. The number of benzene rings is 1. The maximum absolute atomic E-state index is 12.5. The number of rotatable bonds is 5. The Morgan fingerprint density at radius 1 is 1.24 bits per heavy atom. The molecule has 21 heavy (non-hydrogen) atoms. The van der Waals surface area contributed by atoms with Crippen molar-refractivity contribution in [2.45, 2.75) is 26.1 Å². The van der Waals surface area contributed by atoms with Crippen molar-refractivity contribution in [1.82, 2.24) is 9.80 Å². The zero-order valence-electron chi connectivity index (χ0n) is 13.0. The minimum absolute atomic E-state index is 0.130. The highest BCUT2D eigenvalue weighted by molar-refractivity contribution is 6.17. The maximum atomic E-state index is 12.5. The lowest BCUT2D eigenvalue weighted by molar-refractivity contribution is 0.0631. The molecule has 1 aliphatic heterocycles. The lowest BCUT2D eigenvalue weighted by Gasteiger charge is -2.35. The van der Waals surface area contributed by atoms with Gasteiger partial charge < -0.3 is 4.90 Å². The number of nitrogens with zero attached hydrogens (tertiary/aromatic N) is 2. The third-order valence-corrected chi connectivity index (χ3v) is 4.32. The van der Waals surface area contributed by atoms with Gasteiger partial charge in [-0.15, -0.1) is 11.6 Å². The van der Waals surface area contributed by atoms with Crippen molar-refractivity contribution in [3.8, 4) is 0 Å². The first kappa shape index (κ1) is 16.3. The highest BCUT2D eigenvalue weighted by atomic mass is 35.5. The molecule has 0 aliphatic carbocycles. The van der Waals surface area contributed by atoms with Gasteiger partial charge in [-0.1, -0.05) is 26.0 Å². The van der Waals surface area contributed by atoms with Crippen LogP contribution >= 0.6 is 11.6 Å². The molecule has 0 atom stereocenters. The normalized spacial score (nSPS) is 16.5. The Kier molecular flexibility index (Phi) is 6.07. The SMILES string of the molecule is CC(C)CCN1CCN(C(=O)c2cccc(CCl)c2)CC1. The fourth-order valence-electron chi connectivity index (χ4n) is 2.59. The van der Waals surface area contributed by atoms with Gasteiger partial charge in [0.05, 0.1) is 0 Å². The van der Waals surface area contributed by atoms with Gasteiger partial charge in [0.1, 0.15) is 0 Å². The van der Waals surface area contributed by atoms with Crippen LogP contribution in [0.25, 0.3) is 0 Å². The minimum atomic E-state index is 0.130. The van der Waals surface area contributed by atoms with Gasteiger partial charge in [-0.3, -0.25) is 9.69 Å². The molecule has 2 rings (SSSR count). The zero-order chi connectivity index (χ0) is 15.2. The molecule has 116 valence electrons. The van der Waals surface area contributed by atoms with Crippen molar-refractivity contribution in [1.29, 1.82) is 0 Å². The second-order valence-electron chi connectivity index (χ2n) is 6.15. The molecular formula is C17H25ClN2O. The fourth-order valence-corrected chi connectivity index (χ4v) is 2.75. The average molecular weight is 309 g/mol. The summed E-state index contributed by atoms with van der Waals surface area (Å²) in [6.07, 6.45) is 1.23. The van der Waals surface area contributed by atoms with E-state index in [-0.39, 0.29) is 5.91 Å². The molecule has 0 radical (unpaired) electrons. The average Bonchev–Trinajstić information content (AvgIpc) is 2.52. The predicted octanol–water partition coefficient (Wildman–Crippen LogP) is 3.23. The summed E-state index contributed by atoms with van der Waals surface area (Å²) in [6.45, 7) is 9.25. The van der Waals surface area contributed by atoms with Crippen molar-refractivity contribution < 1.29 is 4.79 Å². The third-order valence-electron chi connectivity index (χ3n) is 4.01. The Bertz CT molecular complexity index is 468. The Balaban J connectivity index is 1.88. The van der Waals surface area contributed by atoms with E-state index in [0.29, 0.717) is 5.88 Å². The Morgan fingerprint density at radius 3 is 2.57 bits per heavy atom. The monoisotopic (exact) mass is 308 g/mol. The van der Waals surface area contributed by atoms with Crippen molar-refractivity contribution >= 4 is 17.5 Å². The van der Waals surface area contributed by atoms with Crippen LogP contribution in [0.4, 0.5) is 0 Å². The first-order chi connectivity index (χ1) is 10.1. The van der Waals surface area contributed by atoms with E-state index in [1.54, 1.807) is 0 Å². The molecule has 0 N–H and O–H groups in total. The predicted molar refractivity (Wildman–Crippen MR) is 87.8 cm³/mol. The van der Waals surface area contributed by atoms with Gasteiger partial charge in [0.2, 0.25) is 0 Å². The standard InChI is InChI=1S/C17H25ClN2O/c1-14(2)6-7-19-8-10-20(11-9-19)17(21)16-5-3-4-15(12-16)13-18/h3-5,12,14H,6-11,13H2,1-2H3. The second kappa shape index (κ2) is 7.81. The van der Waals surface area contributed by atoms with Gasteiger partial charge in [-0.25, -0.2) is 0 Å². The maximum Gasteiger partial charge on any atom is 0.253 e. The lowest BCUT2D eigenvalue weighted by atomic mass is 10.1. The minimum Gasteiger partial charge on any atom is -0.336 e. The van der Waals surface area contributed by atoms with Crippen LogP contribution in [0, 0.1) is 5.92 Å². The largest absolute Gasteiger partial charge is 0.336 e. The van der Waals surface area contributed by atoms with Gasteiger partial charge in [0, 0.05) is 37.6 Å². The first-order valence-corrected chi connectivity index (χ1v) is 8.30. The van der Waals surface area contributed by atoms with Crippen LogP contribution in [-0.4, -0.2) is 48.4 Å². The van der Waals surface area contributed by atoms with E-state index in [4.69, 9.17) is 11.6 Å². The van der Waals surface area contributed by atoms with Crippen LogP contribution in [0.3, 0.4) is 0 Å². The number of carbonyl (C=O) groups is 1. The third kappa shape index (κ3) is 4.72. The molecule has 1 fully saturated rings. The molecular weight excluding hydrogens is 284 g/mol. The van der Waals surface area contributed by atoms with Crippen molar-refractivity contribution in [2.75, 3.05) is 32.7 Å². The summed E-state index contributed by atoms with van der Waals surface area (Å²) >= 11 is 5.84. The van der Waals surface area contributed by atoms with Crippen LogP contribution in [0.1, 0.15) is 36.2 Å². The van der Waals surface area contributed by atoms with Crippen molar-refractivity contribution in [3.05, 3.63) is 35.4 Å². The molecule has 1 saturated heterocycles. The number of piperazine rings is 1. The molecule has 1 aromatic rings. The number of hydrogen-bond donors (Lipinski definition) is 0. The molecule has 0 saturated carbocycles. The summed E-state index contributed by atoms with van der Waals surface area (Å²) in [7, 11) is 0. The summed E-state index contributed by atoms with van der Waals surface area (Å²) in [5.41, 5.74) is 1.75. The molecule has 3 nitrogen and oxygen atoms in total. The van der Waals surface area contributed by atoms with E-state index in [1.165, 1.54) is 6.42 Å². The molecule has 0 spiro atoms. The van der Waals surface area contributed by atoms with Gasteiger partial charge in [0.15, 0.2) is 0 Å². The summed E-state index contributed by atoms with van der Waals surface area (Å²) in [5, 5.41) is 0. The van der Waals surface area contributed by atoms with Crippen LogP contribution in [0.15, 0.2) is 24.3 Å². The number of carbonyl (C=O) groups excluding carboxylic acids is 1. The molecule has 0 bridgehead atoms. The number of alkyl halides is 1. The summed E-state index contributed by atoms with van der Waals surface area (Å²) in [4.78, 5) is 16.9. The van der Waals surface area contributed by atoms with Gasteiger partial charge >= 0.3 is 0 Å². The van der Waals surface area contributed by atoms with Crippen LogP contribution in [0.2, 0.25) is 0 Å². The Hall–Kier alpha value is -1.06. The van der Waals surface area contributed by atoms with E-state index in [2.05, 4.69) is 18.7 Å². The van der Waals surface area contributed by atoms with Crippen molar-refractivity contribution in [2.24, 2.45) is 5.92 Å². The fraction of sp³-hybridized carbons (Fsp3) is 0.588. The van der Waals surface area contributed by atoms with E-state index in [9.17, 15) is 4.79 Å². The molecule has 4 heteroatoms. The van der Waals surface area contributed by atoms with Gasteiger partial charge in [-0.05, 0) is 36.6 Å². The van der Waals surface area contributed by atoms with Crippen LogP contribution in [-0.2, 0) is 5.88 Å². The first-order valence-electron chi connectivity index (χ1n) is 7.76. The summed E-state index contributed by atoms with van der Waals surface area (Å²) in [6, 6.07) is 7.64. The van der Waals surface area contributed by atoms with Crippen LogP contribution in [0.5, 0.6) is 0 Å². The van der Waals surface area contributed by atoms with Gasteiger partial charge in [0.25, 0.3) is 5.91 Å². The van der Waals surface area contributed by atoms with Gasteiger partial charge in [-0.2, -0.15) is 0 Å². The highest BCUT2D eigenvalue weighted by Crippen LogP contribution is 2.13. The van der Waals surface area contributed by atoms with Crippen LogP contribution < -0.4 is 0 Å². The molecule has 1 aliphatic rings. The number of hydrogen-bond acceptors (Lipinski definition) is 2.